The molecule has 1 amide bonds. The van der Waals surface area contributed by atoms with Gasteiger partial charge in [-0.05, 0) is 61.4 Å². The Balaban J connectivity index is 1.17. The van der Waals surface area contributed by atoms with Gasteiger partial charge in [0.1, 0.15) is 17.3 Å². The predicted octanol–water partition coefficient (Wildman–Crippen LogP) is 4.20. The van der Waals surface area contributed by atoms with E-state index in [0.717, 1.165) is 42.7 Å². The van der Waals surface area contributed by atoms with Crippen LogP contribution in [0.15, 0.2) is 40.9 Å². The summed E-state index contributed by atoms with van der Waals surface area (Å²) in [7, 11) is 0. The third kappa shape index (κ3) is 2.92. The van der Waals surface area contributed by atoms with E-state index in [1.807, 2.05) is 24.3 Å². The summed E-state index contributed by atoms with van der Waals surface area (Å²) < 4.78 is 5.89. The summed E-state index contributed by atoms with van der Waals surface area (Å²) in [6.45, 7) is 0. The van der Waals surface area contributed by atoms with E-state index in [-0.39, 0.29) is 23.1 Å². The molecular weight excluding hydrogens is 376 g/mol. The maximum absolute atomic E-state index is 12.4. The second-order valence-corrected chi connectivity index (χ2v) is 8.33. The molecule has 0 unspecified atom stereocenters. The molecule has 0 radical (unpaired) electrons. The van der Waals surface area contributed by atoms with Crippen LogP contribution in [0.1, 0.15) is 53.5 Å². The number of nitrogens with zero attached hydrogens (tertiary/aromatic N) is 3. The van der Waals surface area contributed by atoms with Crippen molar-refractivity contribution in [2.45, 2.75) is 37.6 Å². The number of aromatic nitrogens is 2. The lowest BCUT2D eigenvalue weighted by molar-refractivity contribution is -0.0253. The minimum atomic E-state index is -0.148. The maximum atomic E-state index is 12.4. The average Bonchev–Trinajstić information content (AvgIpc) is 3.04. The Labute approximate surface area is 166 Å². The van der Waals surface area contributed by atoms with Gasteiger partial charge < -0.3 is 9.73 Å². The summed E-state index contributed by atoms with van der Waals surface area (Å²) in [4.78, 5) is 20.8. The average molecular weight is 393 g/mol. The van der Waals surface area contributed by atoms with Gasteiger partial charge >= 0.3 is 0 Å². The second kappa shape index (κ2) is 6.32. The molecule has 2 fully saturated rings. The molecule has 1 aromatic carbocycles. The number of halogens is 1. The topological polar surface area (TPSA) is 91.8 Å². The molecule has 2 saturated carbocycles. The van der Waals surface area contributed by atoms with Crippen molar-refractivity contribution in [1.82, 2.24) is 15.3 Å². The Morgan fingerprint density at radius 1 is 1.25 bits per heavy atom. The quantitative estimate of drug-likeness (QED) is 0.721. The van der Waals surface area contributed by atoms with Crippen molar-refractivity contribution in [3.8, 4) is 6.07 Å². The number of rotatable bonds is 3. The van der Waals surface area contributed by atoms with Crippen molar-refractivity contribution >= 4 is 28.6 Å². The van der Waals surface area contributed by atoms with Crippen molar-refractivity contribution in [2.24, 2.45) is 5.41 Å². The molecule has 1 N–H and O–H groups in total. The SMILES string of the molecule is N#Cc1cc(C(=O)NC2CC3(C2)CC(c2nc4cc(Cl)ccc4o2)C3)ccn1. The van der Waals surface area contributed by atoms with E-state index in [0.29, 0.717) is 16.5 Å². The van der Waals surface area contributed by atoms with Gasteiger partial charge in [-0.1, -0.05) is 11.6 Å². The van der Waals surface area contributed by atoms with Crippen molar-refractivity contribution in [2.75, 3.05) is 0 Å². The number of benzene rings is 1. The van der Waals surface area contributed by atoms with Crippen LogP contribution >= 0.6 is 11.6 Å². The number of nitrogens with one attached hydrogen (secondary N) is 1. The van der Waals surface area contributed by atoms with Crippen LogP contribution in [0.2, 0.25) is 5.02 Å². The summed E-state index contributed by atoms with van der Waals surface area (Å²) in [6.07, 6.45) is 5.50. The zero-order valence-corrected chi connectivity index (χ0v) is 15.7. The Morgan fingerprint density at radius 3 is 2.86 bits per heavy atom. The lowest BCUT2D eigenvalue weighted by Gasteiger charge is -2.57. The highest BCUT2D eigenvalue weighted by atomic mass is 35.5. The third-order valence-corrected chi connectivity index (χ3v) is 6.14. The number of carbonyl (C=O) groups is 1. The van der Waals surface area contributed by atoms with E-state index in [1.165, 1.54) is 12.3 Å². The number of nitriles is 1. The van der Waals surface area contributed by atoms with Gasteiger partial charge in [0.25, 0.3) is 5.91 Å². The van der Waals surface area contributed by atoms with Crippen LogP contribution in [0.25, 0.3) is 11.1 Å². The first-order chi connectivity index (χ1) is 13.5. The van der Waals surface area contributed by atoms with Gasteiger partial charge in [-0.15, -0.1) is 0 Å². The zero-order chi connectivity index (χ0) is 19.3. The summed E-state index contributed by atoms with van der Waals surface area (Å²) >= 11 is 6.02. The molecule has 6 nitrogen and oxygen atoms in total. The molecule has 2 aliphatic rings. The second-order valence-electron chi connectivity index (χ2n) is 7.89. The molecule has 0 saturated heterocycles. The largest absolute Gasteiger partial charge is 0.440 e. The Morgan fingerprint density at radius 2 is 2.07 bits per heavy atom. The van der Waals surface area contributed by atoms with Gasteiger partial charge in [0.15, 0.2) is 11.5 Å². The molecule has 2 aliphatic carbocycles. The minimum Gasteiger partial charge on any atom is -0.440 e. The van der Waals surface area contributed by atoms with Crippen molar-refractivity contribution in [1.29, 1.82) is 5.26 Å². The molecule has 0 aliphatic heterocycles. The van der Waals surface area contributed by atoms with E-state index < -0.39 is 0 Å². The fourth-order valence-corrected chi connectivity index (χ4v) is 4.74. The first-order valence-electron chi connectivity index (χ1n) is 9.27. The standard InChI is InChI=1S/C21H17ClN4O2/c22-14-1-2-18-17(6-14)26-20(28-18)13-7-21(8-13)9-16(10-21)25-19(27)12-3-4-24-15(5-12)11-23/h1-6,13,16H,7-10H2,(H,25,27). The highest BCUT2D eigenvalue weighted by Gasteiger charge is 2.54. The molecule has 7 heteroatoms. The molecule has 140 valence electrons. The van der Waals surface area contributed by atoms with Gasteiger partial charge in [-0.3, -0.25) is 4.79 Å². The number of oxazole rings is 1. The Kier molecular flexibility index (Phi) is 3.88. The first kappa shape index (κ1) is 17.2. The van der Waals surface area contributed by atoms with Crippen molar-refractivity contribution in [3.05, 3.63) is 58.7 Å². The fraction of sp³-hybridized carbons (Fsp3) is 0.333. The summed E-state index contributed by atoms with van der Waals surface area (Å²) in [5.74, 6) is 0.975. The number of pyridine rings is 1. The van der Waals surface area contributed by atoms with Crippen LogP contribution in [-0.4, -0.2) is 21.9 Å². The van der Waals surface area contributed by atoms with Gasteiger partial charge in [-0.25, -0.2) is 9.97 Å². The van der Waals surface area contributed by atoms with Crippen molar-refractivity contribution < 1.29 is 9.21 Å². The normalized spacial score (nSPS) is 25.7. The maximum Gasteiger partial charge on any atom is 0.251 e. The van der Waals surface area contributed by atoms with Gasteiger partial charge in [0.05, 0.1) is 0 Å². The molecule has 1 spiro atoms. The summed E-state index contributed by atoms with van der Waals surface area (Å²) in [5.41, 5.74) is 2.59. The fourth-order valence-electron chi connectivity index (χ4n) is 4.58. The molecule has 2 aromatic heterocycles. The molecule has 28 heavy (non-hydrogen) atoms. The van der Waals surface area contributed by atoms with Gasteiger partial charge in [-0.2, -0.15) is 5.26 Å². The molecule has 0 bridgehead atoms. The monoisotopic (exact) mass is 392 g/mol. The van der Waals surface area contributed by atoms with E-state index >= 15 is 0 Å². The lowest BCUT2D eigenvalue weighted by Crippen LogP contribution is -2.55. The summed E-state index contributed by atoms with van der Waals surface area (Å²) in [5, 5.41) is 12.6. The first-order valence-corrected chi connectivity index (χ1v) is 9.64. The van der Waals surface area contributed by atoms with Crippen LogP contribution in [0, 0.1) is 16.7 Å². The smallest absolute Gasteiger partial charge is 0.251 e. The van der Waals surface area contributed by atoms with E-state index in [9.17, 15) is 4.79 Å². The number of amides is 1. The van der Waals surface area contributed by atoms with Gasteiger partial charge in [0.2, 0.25) is 0 Å². The van der Waals surface area contributed by atoms with Crippen LogP contribution in [-0.2, 0) is 0 Å². The summed E-state index contributed by atoms with van der Waals surface area (Å²) in [6, 6.07) is 10.8. The number of carbonyl (C=O) groups excluding carboxylic acids is 1. The van der Waals surface area contributed by atoms with Crippen LogP contribution in [0.5, 0.6) is 0 Å². The molecule has 2 heterocycles. The third-order valence-electron chi connectivity index (χ3n) is 5.90. The highest BCUT2D eigenvalue weighted by Crippen LogP contribution is 2.61. The van der Waals surface area contributed by atoms with Gasteiger partial charge in [0, 0.05) is 28.7 Å². The van der Waals surface area contributed by atoms with Crippen LogP contribution < -0.4 is 5.32 Å². The Hall–Kier alpha value is -2.91. The van der Waals surface area contributed by atoms with E-state index in [4.69, 9.17) is 21.3 Å². The van der Waals surface area contributed by atoms with Crippen molar-refractivity contribution in [3.63, 3.8) is 0 Å². The number of fused-ring (bicyclic) bond motifs is 1. The van der Waals surface area contributed by atoms with E-state index in [1.54, 1.807) is 6.07 Å². The molecular formula is C21H17ClN4O2. The minimum absolute atomic E-state index is 0.148. The van der Waals surface area contributed by atoms with E-state index in [2.05, 4.69) is 15.3 Å². The van der Waals surface area contributed by atoms with Crippen LogP contribution in [0.3, 0.4) is 0 Å². The van der Waals surface area contributed by atoms with Crippen LogP contribution in [0.4, 0.5) is 0 Å². The number of hydrogen-bond acceptors (Lipinski definition) is 5. The Bertz CT molecular complexity index is 1120. The predicted molar refractivity (Wildman–Crippen MR) is 103 cm³/mol. The number of hydrogen-bond donors (Lipinski definition) is 1. The zero-order valence-electron chi connectivity index (χ0n) is 15.0. The highest BCUT2D eigenvalue weighted by molar-refractivity contribution is 6.31. The molecule has 0 atom stereocenters. The lowest BCUT2D eigenvalue weighted by atomic mass is 9.50. The molecule has 3 aromatic rings. The molecule has 5 rings (SSSR count).